The Labute approximate surface area is 154 Å². The maximum Gasteiger partial charge on any atom is 0.295 e. The molecule has 2 aromatic carbocycles. The molecule has 1 atom stereocenters. The lowest BCUT2D eigenvalue weighted by atomic mass is 10.1. The molecular weight excluding hydrogens is 379 g/mol. The number of carbonyl (C=O) groups excluding carboxylic acids is 1. The van der Waals surface area contributed by atoms with Crippen LogP contribution >= 0.6 is 0 Å². The van der Waals surface area contributed by atoms with E-state index in [0.717, 1.165) is 12.3 Å². The molecule has 0 spiro atoms. The average Bonchev–Trinajstić information content (AvgIpc) is 2.54. The van der Waals surface area contributed by atoms with Gasteiger partial charge in [0.2, 0.25) is 10.0 Å². The van der Waals surface area contributed by atoms with Crippen molar-refractivity contribution in [3.63, 3.8) is 0 Å². The first kappa shape index (κ1) is 20.1. The number of nitrogen functional groups attached to an aromatic ring is 1. The van der Waals surface area contributed by atoms with Gasteiger partial charge in [-0.15, -0.1) is 0 Å². The fourth-order valence-electron chi connectivity index (χ4n) is 2.39. The number of carbonyl (C=O) groups is 1. The molecule has 4 N–H and O–H groups in total. The molecule has 1 unspecified atom stereocenters. The zero-order chi connectivity index (χ0) is 20.4. The predicted octanol–water partition coefficient (Wildman–Crippen LogP) is 2.18. The Balaban J connectivity index is 2.26. The highest BCUT2D eigenvalue weighted by Crippen LogP contribution is 2.27. The molecule has 0 fully saturated rings. The Hall–Kier alpha value is -3.21. The minimum absolute atomic E-state index is 0.303. The summed E-state index contributed by atoms with van der Waals surface area (Å²) in [4.78, 5) is 22.4. The van der Waals surface area contributed by atoms with Crippen LogP contribution in [0.2, 0.25) is 0 Å². The maximum atomic E-state index is 13.6. The lowest BCUT2D eigenvalue weighted by molar-refractivity contribution is -0.384. The molecule has 0 aromatic heterocycles. The van der Waals surface area contributed by atoms with Gasteiger partial charge in [-0.25, -0.2) is 12.8 Å². The molecule has 0 aliphatic rings. The molecule has 0 radical (unpaired) electrons. The van der Waals surface area contributed by atoms with E-state index in [1.807, 2.05) is 0 Å². The molecule has 9 nitrogen and oxygen atoms in total. The number of nitrogens with two attached hydrogens (primary N) is 1. The van der Waals surface area contributed by atoms with Crippen molar-refractivity contribution >= 4 is 33.0 Å². The molecule has 1 amide bonds. The van der Waals surface area contributed by atoms with Crippen molar-refractivity contribution in [1.82, 2.24) is 5.32 Å². The van der Waals surface area contributed by atoms with E-state index in [1.165, 1.54) is 12.1 Å². The largest absolute Gasteiger partial charge is 0.393 e. The minimum Gasteiger partial charge on any atom is -0.393 e. The van der Waals surface area contributed by atoms with Gasteiger partial charge in [0.15, 0.2) is 0 Å². The molecule has 0 heterocycles. The molecule has 27 heavy (non-hydrogen) atoms. The number of nitro benzene ring substituents is 1. The Morgan fingerprint density at radius 2 is 1.96 bits per heavy atom. The first-order valence-corrected chi connectivity index (χ1v) is 9.49. The second-order valence-electron chi connectivity index (χ2n) is 5.84. The van der Waals surface area contributed by atoms with E-state index in [-0.39, 0.29) is 5.56 Å². The number of sulfonamides is 1. The van der Waals surface area contributed by atoms with Crippen LogP contribution in [-0.2, 0) is 10.0 Å². The number of halogens is 1. The van der Waals surface area contributed by atoms with Gasteiger partial charge in [0.25, 0.3) is 11.6 Å². The first-order chi connectivity index (χ1) is 12.5. The number of nitrogens with one attached hydrogen (secondary N) is 2. The Bertz CT molecular complexity index is 1010. The number of hydrogen-bond donors (Lipinski definition) is 3. The average molecular weight is 396 g/mol. The smallest absolute Gasteiger partial charge is 0.295 e. The highest BCUT2D eigenvalue weighted by Gasteiger charge is 2.23. The fraction of sp³-hybridized carbons (Fsp3) is 0.188. The number of nitrogens with zero attached hydrogens (tertiary/aromatic N) is 1. The number of nitro groups is 1. The third-order valence-corrected chi connectivity index (χ3v) is 4.21. The van der Waals surface area contributed by atoms with E-state index in [4.69, 9.17) is 5.73 Å². The Morgan fingerprint density at radius 3 is 2.56 bits per heavy atom. The summed E-state index contributed by atoms with van der Waals surface area (Å²) in [6.07, 6.45) is 1.00. The molecule has 11 heteroatoms. The molecule has 0 aliphatic heterocycles. The Kier molecular flexibility index (Phi) is 5.64. The quantitative estimate of drug-likeness (QED) is 0.388. The van der Waals surface area contributed by atoms with E-state index in [9.17, 15) is 27.7 Å². The van der Waals surface area contributed by atoms with Gasteiger partial charge in [-0.3, -0.25) is 19.6 Å². The number of anilines is 2. The fourth-order valence-corrected chi connectivity index (χ4v) is 2.94. The van der Waals surface area contributed by atoms with Crippen LogP contribution in [0.1, 0.15) is 28.9 Å². The lowest BCUT2D eigenvalue weighted by Gasteiger charge is -2.16. The molecular formula is C16H17FN4O5S. The van der Waals surface area contributed by atoms with E-state index < -0.39 is 44.1 Å². The van der Waals surface area contributed by atoms with Gasteiger partial charge < -0.3 is 11.1 Å². The lowest BCUT2D eigenvalue weighted by Crippen LogP contribution is -2.27. The van der Waals surface area contributed by atoms with Crippen molar-refractivity contribution in [3.05, 3.63) is 63.5 Å². The van der Waals surface area contributed by atoms with Crippen LogP contribution in [0.5, 0.6) is 0 Å². The molecule has 144 valence electrons. The van der Waals surface area contributed by atoms with Gasteiger partial charge in [0.05, 0.1) is 28.9 Å². The van der Waals surface area contributed by atoms with Crippen molar-refractivity contribution in [2.75, 3.05) is 16.7 Å². The van der Waals surface area contributed by atoms with Crippen LogP contribution in [0.4, 0.5) is 21.5 Å². The van der Waals surface area contributed by atoms with Crippen LogP contribution in [0.25, 0.3) is 0 Å². The topological polar surface area (TPSA) is 144 Å². The van der Waals surface area contributed by atoms with Crippen LogP contribution < -0.4 is 15.8 Å². The summed E-state index contributed by atoms with van der Waals surface area (Å²) in [5.41, 5.74) is 4.97. The summed E-state index contributed by atoms with van der Waals surface area (Å²) in [5.74, 6) is -1.77. The number of benzene rings is 2. The van der Waals surface area contributed by atoms with E-state index >= 15 is 0 Å². The Morgan fingerprint density at radius 1 is 1.30 bits per heavy atom. The normalized spacial score (nSPS) is 12.3. The monoisotopic (exact) mass is 396 g/mol. The van der Waals surface area contributed by atoms with Crippen molar-refractivity contribution in [3.8, 4) is 0 Å². The first-order valence-electron chi connectivity index (χ1n) is 7.60. The van der Waals surface area contributed by atoms with Gasteiger partial charge in [-0.1, -0.05) is 12.1 Å². The van der Waals surface area contributed by atoms with Gasteiger partial charge >= 0.3 is 0 Å². The SMILES string of the molecule is CC(NC(=O)c1cc(F)cc([N+](=O)[O-])c1N)c1cccc(NS(C)(=O)=O)c1. The predicted molar refractivity (Wildman–Crippen MR) is 98.3 cm³/mol. The summed E-state index contributed by atoms with van der Waals surface area (Å²) in [5, 5.41) is 13.5. The van der Waals surface area contributed by atoms with Crippen molar-refractivity contribution in [1.29, 1.82) is 0 Å². The van der Waals surface area contributed by atoms with Gasteiger partial charge in [0.1, 0.15) is 11.5 Å². The van der Waals surface area contributed by atoms with Crippen molar-refractivity contribution in [2.24, 2.45) is 0 Å². The van der Waals surface area contributed by atoms with E-state index in [2.05, 4.69) is 10.0 Å². The molecule has 0 bridgehead atoms. The summed E-state index contributed by atoms with van der Waals surface area (Å²) in [6, 6.07) is 7.13. The van der Waals surface area contributed by atoms with Crippen LogP contribution in [0.15, 0.2) is 36.4 Å². The standard InChI is InChI=1S/C16H17FN4O5S/c1-9(10-4-3-5-12(6-10)20-27(2,25)26)19-16(22)13-7-11(17)8-14(15(13)18)21(23)24/h3-9,20H,18H2,1-2H3,(H,19,22). The summed E-state index contributed by atoms with van der Waals surface area (Å²) in [7, 11) is -3.47. The third-order valence-electron chi connectivity index (χ3n) is 3.60. The van der Waals surface area contributed by atoms with Crippen LogP contribution in [0, 0.1) is 15.9 Å². The molecule has 0 saturated carbocycles. The number of rotatable bonds is 6. The third kappa shape index (κ3) is 5.14. The second-order valence-corrected chi connectivity index (χ2v) is 7.59. The molecule has 0 saturated heterocycles. The van der Waals surface area contributed by atoms with E-state index in [0.29, 0.717) is 17.3 Å². The zero-order valence-corrected chi connectivity index (χ0v) is 15.2. The van der Waals surface area contributed by atoms with Gasteiger partial charge in [0, 0.05) is 5.69 Å². The van der Waals surface area contributed by atoms with Crippen molar-refractivity contribution < 1.29 is 22.5 Å². The molecule has 0 aliphatic carbocycles. The van der Waals surface area contributed by atoms with Gasteiger partial charge in [-0.05, 0) is 30.7 Å². The van der Waals surface area contributed by atoms with Crippen LogP contribution in [0.3, 0.4) is 0 Å². The van der Waals surface area contributed by atoms with Crippen LogP contribution in [-0.4, -0.2) is 25.5 Å². The summed E-state index contributed by atoms with van der Waals surface area (Å²) >= 11 is 0. The molecule has 2 rings (SSSR count). The minimum atomic E-state index is -3.47. The zero-order valence-electron chi connectivity index (χ0n) is 14.4. The maximum absolute atomic E-state index is 13.6. The second kappa shape index (κ2) is 7.58. The van der Waals surface area contributed by atoms with Gasteiger partial charge in [-0.2, -0.15) is 0 Å². The highest BCUT2D eigenvalue weighted by molar-refractivity contribution is 7.92. The summed E-state index contributed by atoms with van der Waals surface area (Å²) in [6.45, 7) is 1.61. The van der Waals surface area contributed by atoms with Crippen molar-refractivity contribution in [2.45, 2.75) is 13.0 Å². The number of hydrogen-bond acceptors (Lipinski definition) is 6. The number of amides is 1. The van der Waals surface area contributed by atoms with E-state index in [1.54, 1.807) is 19.1 Å². The summed E-state index contributed by atoms with van der Waals surface area (Å²) < 4.78 is 38.5. The highest BCUT2D eigenvalue weighted by atomic mass is 32.2. The molecule has 2 aromatic rings.